The zero-order valence-corrected chi connectivity index (χ0v) is 14.8. The van der Waals surface area contributed by atoms with Crippen LogP contribution in [0.2, 0.25) is 0 Å². The number of quaternary nitrogens is 1. The van der Waals surface area contributed by atoms with Crippen LogP contribution in [0.25, 0.3) is 0 Å². The van der Waals surface area contributed by atoms with Gasteiger partial charge in [0.05, 0.1) is 31.9 Å². The first-order valence-corrected chi connectivity index (χ1v) is 10.4. The highest BCUT2D eigenvalue weighted by atomic mass is 32.2. The molecule has 3 rings (SSSR count). The lowest BCUT2D eigenvalue weighted by molar-refractivity contribution is -0.925. The largest absolute Gasteiger partial charge is 0.358 e. The maximum absolute atomic E-state index is 11.6. The van der Waals surface area contributed by atoms with Crippen molar-refractivity contribution in [2.75, 3.05) is 37.7 Å². The smallest absolute Gasteiger partial charge is 0.169 e. The summed E-state index contributed by atoms with van der Waals surface area (Å²) in [7, 11) is -2.79. The van der Waals surface area contributed by atoms with Gasteiger partial charge in [0.2, 0.25) is 0 Å². The summed E-state index contributed by atoms with van der Waals surface area (Å²) in [6.45, 7) is 4.47. The Morgan fingerprint density at radius 3 is 2.57 bits per heavy atom. The van der Waals surface area contributed by atoms with Gasteiger partial charge in [-0.05, 0) is 17.8 Å². The quantitative estimate of drug-likeness (QED) is 0.714. The summed E-state index contributed by atoms with van der Waals surface area (Å²) in [5.41, 5.74) is 1.22. The summed E-state index contributed by atoms with van der Waals surface area (Å²) in [5, 5.41) is 4.12. The first-order valence-electron chi connectivity index (χ1n) is 8.15. The normalized spacial score (nSPS) is 24.5. The molecule has 0 aliphatic carbocycles. The molecule has 1 atom stereocenters. The van der Waals surface area contributed by atoms with Crippen LogP contribution >= 0.6 is 12.2 Å². The van der Waals surface area contributed by atoms with Crippen LogP contribution in [0.4, 0.5) is 0 Å². The number of nitrogens with zero attached hydrogens (tertiary/aromatic N) is 1. The van der Waals surface area contributed by atoms with Gasteiger partial charge in [-0.25, -0.2) is 8.42 Å². The number of rotatable bonds is 3. The zero-order valence-electron chi connectivity index (χ0n) is 13.2. The van der Waals surface area contributed by atoms with Crippen molar-refractivity contribution >= 4 is 27.2 Å². The molecule has 0 unspecified atom stereocenters. The van der Waals surface area contributed by atoms with E-state index in [2.05, 4.69) is 22.3 Å². The summed E-state index contributed by atoms with van der Waals surface area (Å²) in [5.74, 6) is 0.723. The number of hydrogen-bond acceptors (Lipinski definition) is 3. The van der Waals surface area contributed by atoms with E-state index >= 15 is 0 Å². The molecule has 2 heterocycles. The van der Waals surface area contributed by atoms with E-state index in [9.17, 15) is 8.42 Å². The second-order valence-electron chi connectivity index (χ2n) is 6.39. The number of piperazine rings is 1. The summed E-state index contributed by atoms with van der Waals surface area (Å²) < 4.78 is 23.2. The highest BCUT2D eigenvalue weighted by Gasteiger charge is 2.37. The maximum atomic E-state index is 11.6. The van der Waals surface area contributed by atoms with E-state index in [1.807, 2.05) is 18.2 Å². The van der Waals surface area contributed by atoms with Gasteiger partial charge < -0.3 is 15.1 Å². The SMILES string of the molecule is O=S1(=O)CC[C@@H]([NH+]2CCN(C(=S)NCc3ccccc3)CC2)C1. The molecule has 2 saturated heterocycles. The molecule has 2 aliphatic rings. The average molecular weight is 355 g/mol. The molecule has 0 bridgehead atoms. The predicted octanol–water partition coefficient (Wildman–Crippen LogP) is -0.551. The zero-order chi connectivity index (χ0) is 16.3. The highest BCUT2D eigenvalue weighted by Crippen LogP contribution is 2.09. The highest BCUT2D eigenvalue weighted by molar-refractivity contribution is 7.91. The fourth-order valence-corrected chi connectivity index (χ4v) is 5.49. The van der Waals surface area contributed by atoms with E-state index in [1.165, 1.54) is 10.5 Å². The minimum absolute atomic E-state index is 0.285. The molecule has 2 N–H and O–H groups in total. The second kappa shape index (κ2) is 7.15. The Morgan fingerprint density at radius 1 is 1.26 bits per heavy atom. The molecule has 126 valence electrons. The molecule has 1 aromatic rings. The summed E-state index contributed by atoms with van der Waals surface area (Å²) in [6, 6.07) is 10.5. The van der Waals surface area contributed by atoms with Gasteiger partial charge in [0.15, 0.2) is 14.9 Å². The van der Waals surface area contributed by atoms with Crippen molar-refractivity contribution in [2.45, 2.75) is 19.0 Å². The number of nitrogens with one attached hydrogen (secondary N) is 2. The van der Waals surface area contributed by atoms with Gasteiger partial charge in [0.25, 0.3) is 0 Å². The van der Waals surface area contributed by atoms with Gasteiger partial charge in [-0.1, -0.05) is 30.3 Å². The van der Waals surface area contributed by atoms with Gasteiger partial charge in [0.1, 0.15) is 11.8 Å². The molecule has 0 amide bonds. The van der Waals surface area contributed by atoms with Gasteiger partial charge in [0, 0.05) is 13.0 Å². The summed E-state index contributed by atoms with van der Waals surface area (Å²) in [6.07, 6.45) is 0.814. The van der Waals surface area contributed by atoms with Crippen molar-refractivity contribution in [2.24, 2.45) is 0 Å². The minimum Gasteiger partial charge on any atom is -0.358 e. The van der Waals surface area contributed by atoms with Crippen molar-refractivity contribution in [3.63, 3.8) is 0 Å². The Bertz CT molecular complexity index is 641. The second-order valence-corrected chi connectivity index (χ2v) is 9.00. The summed E-state index contributed by atoms with van der Waals surface area (Å²) in [4.78, 5) is 3.62. The van der Waals surface area contributed by atoms with Crippen LogP contribution in [-0.4, -0.2) is 62.2 Å². The Balaban J connectivity index is 1.44. The van der Waals surface area contributed by atoms with E-state index < -0.39 is 9.84 Å². The Hall–Kier alpha value is -1.18. The number of hydrogen-bond donors (Lipinski definition) is 2. The molecule has 5 nitrogen and oxygen atoms in total. The summed E-state index contributed by atoms with van der Waals surface area (Å²) >= 11 is 5.49. The van der Waals surface area contributed by atoms with Crippen LogP contribution in [0, 0.1) is 0 Å². The Kier molecular flexibility index (Phi) is 5.18. The Labute approximate surface area is 143 Å². The van der Waals surface area contributed by atoms with Crippen LogP contribution in [-0.2, 0) is 16.4 Å². The van der Waals surface area contributed by atoms with Crippen LogP contribution < -0.4 is 10.2 Å². The maximum Gasteiger partial charge on any atom is 0.169 e. The van der Waals surface area contributed by atoms with Gasteiger partial charge in [-0.3, -0.25) is 0 Å². The molecule has 1 aromatic carbocycles. The topological polar surface area (TPSA) is 53.9 Å². The van der Waals surface area contributed by atoms with E-state index in [1.54, 1.807) is 0 Å². The Morgan fingerprint density at radius 2 is 1.96 bits per heavy atom. The van der Waals surface area contributed by atoms with E-state index in [0.29, 0.717) is 11.5 Å². The predicted molar refractivity (Wildman–Crippen MR) is 95.2 cm³/mol. The van der Waals surface area contributed by atoms with Crippen molar-refractivity contribution in [1.82, 2.24) is 10.2 Å². The van der Waals surface area contributed by atoms with Crippen LogP contribution in [0.1, 0.15) is 12.0 Å². The van der Waals surface area contributed by atoms with Gasteiger partial charge in [-0.15, -0.1) is 0 Å². The third kappa shape index (κ3) is 4.43. The standard InChI is InChI=1S/C16H23N3O2S2/c20-23(21)11-6-15(13-23)18-7-9-19(10-8-18)16(22)17-12-14-4-2-1-3-5-14/h1-5,15H,6-13H2,(H,17,22)/p+1/t15-/m1/s1. The lowest BCUT2D eigenvalue weighted by Gasteiger charge is -2.36. The molecule has 23 heavy (non-hydrogen) atoms. The first kappa shape index (κ1) is 16.7. The molecule has 7 heteroatoms. The molecule has 0 spiro atoms. The fraction of sp³-hybridized carbons (Fsp3) is 0.562. The van der Waals surface area contributed by atoms with E-state index in [4.69, 9.17) is 12.2 Å². The lowest BCUT2D eigenvalue weighted by atomic mass is 10.2. The van der Waals surface area contributed by atoms with Crippen LogP contribution in [0.15, 0.2) is 30.3 Å². The number of thiocarbonyl (C=S) groups is 1. The first-order chi connectivity index (χ1) is 11.0. The van der Waals surface area contributed by atoms with Crippen molar-refractivity contribution in [1.29, 1.82) is 0 Å². The monoisotopic (exact) mass is 354 g/mol. The van der Waals surface area contributed by atoms with E-state index in [0.717, 1.165) is 44.3 Å². The molecular weight excluding hydrogens is 330 g/mol. The molecular formula is C16H24N3O2S2+. The molecule has 2 fully saturated rings. The molecule has 2 aliphatic heterocycles. The fourth-order valence-electron chi connectivity index (χ4n) is 3.41. The van der Waals surface area contributed by atoms with E-state index in [-0.39, 0.29) is 6.04 Å². The third-order valence-electron chi connectivity index (χ3n) is 4.79. The third-order valence-corrected chi connectivity index (χ3v) is 6.96. The van der Waals surface area contributed by atoms with Crippen molar-refractivity contribution in [3.05, 3.63) is 35.9 Å². The molecule has 0 saturated carbocycles. The minimum atomic E-state index is -2.79. The van der Waals surface area contributed by atoms with Crippen molar-refractivity contribution in [3.8, 4) is 0 Å². The lowest BCUT2D eigenvalue weighted by Crippen LogP contribution is -3.18. The number of sulfone groups is 1. The number of benzene rings is 1. The molecule has 0 aromatic heterocycles. The van der Waals surface area contributed by atoms with Gasteiger partial charge >= 0.3 is 0 Å². The van der Waals surface area contributed by atoms with Crippen LogP contribution in [0.3, 0.4) is 0 Å². The van der Waals surface area contributed by atoms with Crippen molar-refractivity contribution < 1.29 is 13.3 Å². The molecule has 0 radical (unpaired) electrons. The van der Waals surface area contributed by atoms with Gasteiger partial charge in [-0.2, -0.15) is 0 Å². The average Bonchev–Trinajstić information content (AvgIpc) is 2.94. The van der Waals surface area contributed by atoms with Crippen LogP contribution in [0.5, 0.6) is 0 Å².